The molecule has 3 aromatic heterocycles. The van der Waals surface area contributed by atoms with Crippen LogP contribution in [0.15, 0.2) is 243 Å². The number of hydrogen-bond donors (Lipinski definition) is 0. The van der Waals surface area contributed by atoms with Crippen LogP contribution in [0.5, 0.6) is 0 Å². The van der Waals surface area contributed by atoms with E-state index < -0.39 is 11.7 Å². The Labute approximate surface area is 412 Å². The van der Waals surface area contributed by atoms with Crippen LogP contribution in [-0.2, 0) is 6.18 Å². The van der Waals surface area contributed by atoms with Gasteiger partial charge in [0.15, 0.2) is 17.5 Å². The lowest BCUT2D eigenvalue weighted by molar-refractivity contribution is -0.137. The highest BCUT2D eigenvalue weighted by molar-refractivity contribution is 6.13. The minimum atomic E-state index is -4.74. The molecule has 0 aliphatic rings. The zero-order valence-electron chi connectivity index (χ0n) is 38.5. The molecule has 0 N–H and O–H groups in total. The molecule has 8 heteroatoms. The fraction of sp³-hybridized carbons (Fsp3) is 0.0156. The van der Waals surface area contributed by atoms with E-state index in [1.165, 1.54) is 12.1 Å². The third-order valence-electron chi connectivity index (χ3n) is 13.6. The lowest BCUT2D eigenvalue weighted by Gasteiger charge is -2.23. The highest BCUT2D eigenvalue weighted by Crippen LogP contribution is 2.47. The second-order valence-electron chi connectivity index (χ2n) is 17.9. The van der Waals surface area contributed by atoms with Gasteiger partial charge in [-0.1, -0.05) is 182 Å². The van der Waals surface area contributed by atoms with Crippen LogP contribution >= 0.6 is 0 Å². The number of para-hydroxylation sites is 3. The number of halogens is 3. The van der Waals surface area contributed by atoms with E-state index in [2.05, 4.69) is 53.1 Å². The van der Waals surface area contributed by atoms with Crippen molar-refractivity contribution in [2.75, 3.05) is 0 Å². The Kier molecular flexibility index (Phi) is 10.2. The molecule has 5 nitrogen and oxygen atoms in total. The van der Waals surface area contributed by atoms with Crippen molar-refractivity contribution in [1.82, 2.24) is 24.1 Å². The van der Waals surface area contributed by atoms with Crippen LogP contribution in [0.3, 0.4) is 0 Å². The van der Waals surface area contributed by atoms with E-state index in [9.17, 15) is 0 Å². The Bertz CT molecular complexity index is 4130. The second-order valence-corrected chi connectivity index (χ2v) is 17.9. The van der Waals surface area contributed by atoms with Gasteiger partial charge >= 0.3 is 6.18 Å². The molecule has 0 bridgehead atoms. The molecule has 0 amide bonds. The fourth-order valence-electron chi connectivity index (χ4n) is 10.3. The summed E-state index contributed by atoms with van der Waals surface area (Å²) in [7, 11) is 0. The summed E-state index contributed by atoms with van der Waals surface area (Å²) in [5.74, 6) is 1.33. The average Bonchev–Trinajstić information content (AvgIpc) is 3.95. The minimum absolute atomic E-state index is 0.0137. The molecule has 0 spiro atoms. The molecule has 0 aliphatic heterocycles. The monoisotopic (exact) mass is 935 g/mol. The molecule has 13 aromatic rings. The van der Waals surface area contributed by atoms with Crippen molar-refractivity contribution in [1.29, 1.82) is 0 Å². The molecular formula is C64H40F3N5. The van der Waals surface area contributed by atoms with Crippen molar-refractivity contribution in [2.45, 2.75) is 6.18 Å². The van der Waals surface area contributed by atoms with Crippen LogP contribution in [-0.4, -0.2) is 24.1 Å². The molecule has 0 fully saturated rings. The molecule has 0 saturated carbocycles. The van der Waals surface area contributed by atoms with E-state index in [1.54, 1.807) is 4.57 Å². The predicted octanol–water partition coefficient (Wildman–Crippen LogP) is 17.1. The molecule has 0 unspecified atom stereocenters. The first-order valence-corrected chi connectivity index (χ1v) is 23.8. The summed E-state index contributed by atoms with van der Waals surface area (Å²) in [6.07, 6.45) is -4.74. The summed E-state index contributed by atoms with van der Waals surface area (Å²) in [5, 5.41) is 3.71. The Morgan fingerprint density at radius 3 is 1.22 bits per heavy atom. The van der Waals surface area contributed by atoms with Crippen molar-refractivity contribution >= 4 is 43.6 Å². The van der Waals surface area contributed by atoms with Gasteiger partial charge in [-0.15, -0.1) is 0 Å². The number of fused-ring (bicyclic) bond motifs is 6. The number of aromatic nitrogens is 5. The van der Waals surface area contributed by atoms with Crippen molar-refractivity contribution in [3.05, 3.63) is 248 Å². The highest BCUT2D eigenvalue weighted by atomic mass is 19.4. The van der Waals surface area contributed by atoms with Gasteiger partial charge in [0.1, 0.15) is 0 Å². The third-order valence-corrected chi connectivity index (χ3v) is 13.6. The molecule has 72 heavy (non-hydrogen) atoms. The Balaban J connectivity index is 1.13. The summed E-state index contributed by atoms with van der Waals surface area (Å²) in [4.78, 5) is 15.1. The summed E-state index contributed by atoms with van der Waals surface area (Å²) in [5.41, 5.74) is 10.3. The number of nitrogens with zero attached hydrogens (tertiary/aromatic N) is 5. The van der Waals surface area contributed by atoms with Crippen LogP contribution in [0.2, 0.25) is 0 Å². The van der Waals surface area contributed by atoms with Crippen molar-refractivity contribution in [3.8, 4) is 78.9 Å². The second kappa shape index (κ2) is 17.2. The summed E-state index contributed by atoms with van der Waals surface area (Å²) < 4.78 is 52.3. The molecule has 0 aliphatic carbocycles. The smallest absolute Gasteiger partial charge is 0.309 e. The van der Waals surface area contributed by atoms with Crippen LogP contribution in [0.25, 0.3) is 123 Å². The quantitative estimate of drug-likeness (QED) is 0.153. The van der Waals surface area contributed by atoms with Crippen LogP contribution in [0.4, 0.5) is 13.2 Å². The molecule has 0 atom stereocenters. The average molecular weight is 936 g/mol. The van der Waals surface area contributed by atoms with Gasteiger partial charge in [-0.2, -0.15) is 13.2 Å². The molecule has 13 rings (SSSR count). The van der Waals surface area contributed by atoms with Crippen molar-refractivity contribution < 1.29 is 13.2 Å². The Hall–Kier alpha value is -9.40. The fourth-order valence-corrected chi connectivity index (χ4v) is 10.3. The minimum Gasteiger partial charge on any atom is -0.309 e. The first-order chi connectivity index (χ1) is 35.4. The standard InChI is InChI=1S/C64H40F3N5/c65-64(66,67)54-29-17-28-50(60(54)72-56-31-16-14-27-49(56)52-39-46(33-36-59(52)72)42-20-7-2-8-21-42)53-40-47(63-69-61(43-22-9-3-10-23-43)68-62(70-63)44-24-11-4-12-25-44)34-37-58(53)71-55-30-15-13-26-48(55)51-38-45(32-35-57(51)71)41-18-5-1-6-19-41/h1-40H. The Morgan fingerprint density at radius 1 is 0.292 bits per heavy atom. The van der Waals surface area contributed by atoms with Gasteiger partial charge in [0.25, 0.3) is 0 Å². The Morgan fingerprint density at radius 2 is 0.708 bits per heavy atom. The van der Waals surface area contributed by atoms with Gasteiger partial charge < -0.3 is 9.13 Å². The van der Waals surface area contributed by atoms with E-state index in [0.717, 1.165) is 66.0 Å². The van der Waals surface area contributed by atoms with Crippen molar-refractivity contribution in [2.24, 2.45) is 0 Å². The molecule has 3 heterocycles. The lowest BCUT2D eigenvalue weighted by Crippen LogP contribution is -2.12. The summed E-state index contributed by atoms with van der Waals surface area (Å²) >= 11 is 0. The van der Waals surface area contributed by atoms with Gasteiger partial charge in [-0.25, -0.2) is 15.0 Å². The number of hydrogen-bond acceptors (Lipinski definition) is 3. The highest BCUT2D eigenvalue weighted by Gasteiger charge is 2.37. The first-order valence-electron chi connectivity index (χ1n) is 23.8. The zero-order chi connectivity index (χ0) is 48.3. The van der Waals surface area contributed by atoms with E-state index in [-0.39, 0.29) is 5.69 Å². The van der Waals surface area contributed by atoms with E-state index in [1.807, 2.05) is 182 Å². The van der Waals surface area contributed by atoms with Gasteiger partial charge in [0.2, 0.25) is 0 Å². The van der Waals surface area contributed by atoms with Crippen molar-refractivity contribution in [3.63, 3.8) is 0 Å². The molecule has 0 radical (unpaired) electrons. The molecule has 10 aromatic carbocycles. The lowest BCUT2D eigenvalue weighted by atomic mass is 9.95. The molecule has 342 valence electrons. The van der Waals surface area contributed by atoms with Gasteiger partial charge in [0, 0.05) is 49.4 Å². The van der Waals surface area contributed by atoms with E-state index in [4.69, 9.17) is 15.0 Å². The van der Waals surface area contributed by atoms with Gasteiger partial charge in [-0.3, -0.25) is 0 Å². The van der Waals surface area contributed by atoms with Crippen LogP contribution in [0, 0.1) is 0 Å². The maximum atomic E-state index is 16.1. The van der Waals surface area contributed by atoms with Crippen LogP contribution < -0.4 is 0 Å². The van der Waals surface area contributed by atoms with E-state index in [0.29, 0.717) is 50.9 Å². The van der Waals surface area contributed by atoms with E-state index >= 15 is 13.2 Å². The summed E-state index contributed by atoms with van der Waals surface area (Å²) in [6.45, 7) is 0. The number of rotatable bonds is 8. The predicted molar refractivity (Wildman–Crippen MR) is 286 cm³/mol. The number of benzene rings is 10. The summed E-state index contributed by atoms with van der Waals surface area (Å²) in [6, 6.07) is 78.6. The molecule has 0 saturated heterocycles. The first kappa shape index (κ1) is 42.7. The number of alkyl halides is 3. The van der Waals surface area contributed by atoms with Crippen LogP contribution in [0.1, 0.15) is 5.56 Å². The largest absolute Gasteiger partial charge is 0.418 e. The molecular weight excluding hydrogens is 896 g/mol. The maximum Gasteiger partial charge on any atom is 0.418 e. The third kappa shape index (κ3) is 7.31. The SMILES string of the molecule is FC(F)(F)c1cccc(-c2cc(-c3nc(-c4ccccc4)nc(-c4ccccc4)n3)ccc2-n2c3ccccc3c3cc(-c4ccccc4)ccc32)c1-n1c2ccccc2c2cc(-c3ccccc3)ccc21. The maximum absolute atomic E-state index is 16.1. The zero-order valence-corrected chi connectivity index (χ0v) is 38.5. The van der Waals surface area contributed by atoms with Gasteiger partial charge in [0.05, 0.1) is 39.0 Å². The normalized spacial score (nSPS) is 11.8. The topological polar surface area (TPSA) is 48.5 Å². The van der Waals surface area contributed by atoms with Gasteiger partial charge in [-0.05, 0) is 82.9 Å².